The maximum Gasteiger partial charge on any atom is 0.508 e. The molecule has 1 atom stereocenters. The Bertz CT molecular complexity index is 1320. The summed E-state index contributed by atoms with van der Waals surface area (Å²) < 4.78 is 26.2. The number of aromatic hydroxyl groups is 1. The highest BCUT2D eigenvalue weighted by Gasteiger charge is 2.33. The second-order valence-corrected chi connectivity index (χ2v) is 9.13. The van der Waals surface area contributed by atoms with Gasteiger partial charge in [-0.2, -0.15) is 0 Å². The van der Waals surface area contributed by atoms with Crippen LogP contribution in [0.4, 0.5) is 15.4 Å². The molecule has 1 aliphatic heterocycles. The molecule has 0 bridgehead atoms. The molecule has 3 N–H and O–H groups in total. The van der Waals surface area contributed by atoms with Crippen LogP contribution in [-0.4, -0.2) is 77.6 Å². The van der Waals surface area contributed by atoms with E-state index in [1.54, 1.807) is 44.3 Å². The van der Waals surface area contributed by atoms with E-state index in [1.165, 1.54) is 13.2 Å². The highest BCUT2D eigenvalue weighted by molar-refractivity contribution is 5.89. The smallest absolute Gasteiger partial charge is 0.504 e. The van der Waals surface area contributed by atoms with Crippen molar-refractivity contribution in [2.24, 2.45) is 0 Å². The Morgan fingerprint density at radius 1 is 1.15 bits per heavy atom. The SMILES string of the molecule is COc1cc(-c2cnc3ccc(NC(=O)NCCCCOC(=O)OCC4COC(C)(C)O4)nc3n2)ccc1O. The molecule has 39 heavy (non-hydrogen) atoms. The van der Waals surface area contributed by atoms with Crippen LogP contribution in [0.15, 0.2) is 36.5 Å². The van der Waals surface area contributed by atoms with Crippen molar-refractivity contribution >= 4 is 29.2 Å². The molecule has 0 radical (unpaired) electrons. The first-order chi connectivity index (χ1) is 18.7. The molecule has 3 aromatic rings. The number of nitrogens with one attached hydrogen (secondary N) is 2. The van der Waals surface area contributed by atoms with E-state index in [1.807, 2.05) is 0 Å². The second-order valence-electron chi connectivity index (χ2n) is 9.13. The van der Waals surface area contributed by atoms with Crippen LogP contribution < -0.4 is 15.4 Å². The Morgan fingerprint density at radius 3 is 2.77 bits per heavy atom. The molecular weight excluding hydrogens is 510 g/mol. The summed E-state index contributed by atoms with van der Waals surface area (Å²) in [6, 6.07) is 7.75. The summed E-state index contributed by atoms with van der Waals surface area (Å²) >= 11 is 0. The average Bonchev–Trinajstić information content (AvgIpc) is 3.27. The van der Waals surface area contributed by atoms with Crippen molar-refractivity contribution in [3.63, 3.8) is 0 Å². The van der Waals surface area contributed by atoms with E-state index in [0.29, 0.717) is 60.0 Å². The van der Waals surface area contributed by atoms with Gasteiger partial charge in [0.15, 0.2) is 22.9 Å². The quantitative estimate of drug-likeness (QED) is 0.254. The van der Waals surface area contributed by atoms with Crippen molar-refractivity contribution in [1.82, 2.24) is 20.3 Å². The number of phenols is 1. The van der Waals surface area contributed by atoms with Crippen LogP contribution in [0, 0.1) is 0 Å². The van der Waals surface area contributed by atoms with Crippen LogP contribution >= 0.6 is 0 Å². The molecule has 4 rings (SSSR count). The third-order valence-corrected chi connectivity index (χ3v) is 5.65. The Labute approximate surface area is 224 Å². The molecule has 0 saturated carbocycles. The number of pyridine rings is 1. The normalized spacial score (nSPS) is 16.0. The fourth-order valence-corrected chi connectivity index (χ4v) is 3.74. The van der Waals surface area contributed by atoms with Crippen molar-refractivity contribution in [3.05, 3.63) is 36.5 Å². The molecule has 1 aliphatic rings. The molecule has 0 spiro atoms. The number of carbonyl (C=O) groups excluding carboxylic acids is 2. The lowest BCUT2D eigenvalue weighted by Gasteiger charge is -2.16. The zero-order valence-corrected chi connectivity index (χ0v) is 21.9. The molecule has 208 valence electrons. The molecular formula is C26H31N5O8. The molecule has 0 aliphatic carbocycles. The maximum absolute atomic E-state index is 12.3. The predicted octanol–water partition coefficient (Wildman–Crippen LogP) is 3.61. The minimum atomic E-state index is -0.771. The number of nitrogens with zero attached hydrogens (tertiary/aromatic N) is 3. The van der Waals surface area contributed by atoms with Crippen molar-refractivity contribution in [2.75, 3.05) is 38.8 Å². The highest BCUT2D eigenvalue weighted by atomic mass is 16.8. The lowest BCUT2D eigenvalue weighted by Crippen LogP contribution is -2.30. The fraction of sp³-hybridized carbons (Fsp3) is 0.423. The van der Waals surface area contributed by atoms with Gasteiger partial charge in [0.05, 0.1) is 32.2 Å². The number of carbonyl (C=O) groups is 2. The van der Waals surface area contributed by atoms with E-state index in [0.717, 1.165) is 0 Å². The van der Waals surface area contributed by atoms with Gasteiger partial charge in [0.25, 0.3) is 0 Å². The molecule has 2 amide bonds. The van der Waals surface area contributed by atoms with Crippen molar-refractivity contribution in [2.45, 2.75) is 38.6 Å². The maximum atomic E-state index is 12.3. The van der Waals surface area contributed by atoms with Gasteiger partial charge >= 0.3 is 12.2 Å². The summed E-state index contributed by atoms with van der Waals surface area (Å²) in [7, 11) is 1.46. The van der Waals surface area contributed by atoms with Gasteiger partial charge in [-0.25, -0.2) is 19.6 Å². The van der Waals surface area contributed by atoms with Gasteiger partial charge in [0, 0.05) is 12.1 Å². The van der Waals surface area contributed by atoms with Crippen LogP contribution in [0.5, 0.6) is 11.5 Å². The van der Waals surface area contributed by atoms with Crippen molar-refractivity contribution in [3.8, 4) is 22.8 Å². The number of phenolic OH excluding ortho intramolecular Hbond substituents is 1. The zero-order valence-electron chi connectivity index (χ0n) is 21.9. The van der Waals surface area contributed by atoms with Crippen LogP contribution in [0.3, 0.4) is 0 Å². The number of methoxy groups -OCH3 is 1. The summed E-state index contributed by atoms with van der Waals surface area (Å²) in [5.41, 5.74) is 2.13. The molecule has 1 fully saturated rings. The highest BCUT2D eigenvalue weighted by Crippen LogP contribution is 2.31. The molecule has 1 saturated heterocycles. The number of rotatable bonds is 10. The number of fused-ring (bicyclic) bond motifs is 1. The number of urea groups is 1. The van der Waals surface area contributed by atoms with Gasteiger partial charge in [-0.1, -0.05) is 0 Å². The number of hydrogen-bond acceptors (Lipinski definition) is 11. The zero-order chi connectivity index (χ0) is 27.8. The number of amides is 2. The first kappa shape index (κ1) is 27.8. The van der Waals surface area contributed by atoms with Gasteiger partial charge in [0.2, 0.25) is 0 Å². The molecule has 1 aromatic carbocycles. The van der Waals surface area contributed by atoms with E-state index in [4.69, 9.17) is 23.7 Å². The summed E-state index contributed by atoms with van der Waals surface area (Å²) in [5, 5.41) is 15.2. The molecule has 13 heteroatoms. The standard InChI is InChI=1S/C26H31N5O8/c1-26(2)38-15-17(39-26)14-37-25(34)36-11-5-4-10-27-24(33)31-22-9-7-18-23(30-22)29-19(13-28-18)16-6-8-20(32)21(12-16)35-3/h6-9,12-13,17,32H,4-5,10-11,14-15H2,1-3H3,(H2,27,29,30,31,33). The number of hydrogen-bond donors (Lipinski definition) is 3. The monoisotopic (exact) mass is 541 g/mol. The Balaban J connectivity index is 1.18. The Kier molecular flexibility index (Phi) is 8.94. The molecule has 2 aromatic heterocycles. The van der Waals surface area contributed by atoms with E-state index >= 15 is 0 Å². The van der Waals surface area contributed by atoms with Crippen molar-refractivity contribution < 1.29 is 38.4 Å². The van der Waals surface area contributed by atoms with E-state index < -0.39 is 18.0 Å². The lowest BCUT2D eigenvalue weighted by molar-refractivity contribution is -0.143. The molecule has 13 nitrogen and oxygen atoms in total. The second kappa shape index (κ2) is 12.5. The summed E-state index contributed by atoms with van der Waals surface area (Å²) in [5.74, 6) is -0.0370. The van der Waals surface area contributed by atoms with Gasteiger partial charge in [-0.3, -0.25) is 10.3 Å². The van der Waals surface area contributed by atoms with Crippen LogP contribution in [0.2, 0.25) is 0 Å². The number of unbranched alkanes of at least 4 members (excludes halogenated alkanes) is 1. The third-order valence-electron chi connectivity index (χ3n) is 5.65. The van der Waals surface area contributed by atoms with E-state index in [-0.39, 0.29) is 25.1 Å². The van der Waals surface area contributed by atoms with Crippen LogP contribution in [0.25, 0.3) is 22.4 Å². The van der Waals surface area contributed by atoms with Gasteiger partial charge in [0.1, 0.15) is 24.0 Å². The fourth-order valence-electron chi connectivity index (χ4n) is 3.74. The summed E-state index contributed by atoms with van der Waals surface area (Å²) in [4.78, 5) is 37.2. The minimum Gasteiger partial charge on any atom is -0.504 e. The lowest BCUT2D eigenvalue weighted by atomic mass is 10.1. The molecule has 3 heterocycles. The number of ether oxygens (including phenoxy) is 5. The van der Waals surface area contributed by atoms with E-state index in [9.17, 15) is 14.7 Å². The van der Waals surface area contributed by atoms with Crippen LogP contribution in [-0.2, 0) is 18.9 Å². The average molecular weight is 542 g/mol. The van der Waals surface area contributed by atoms with Crippen molar-refractivity contribution in [1.29, 1.82) is 0 Å². The first-order valence-electron chi connectivity index (χ1n) is 12.4. The number of anilines is 1. The largest absolute Gasteiger partial charge is 0.508 e. The summed E-state index contributed by atoms with van der Waals surface area (Å²) in [6.45, 7) is 4.53. The Hall–Kier alpha value is -4.23. The van der Waals surface area contributed by atoms with Gasteiger partial charge in [-0.05, 0) is 57.0 Å². The third kappa shape index (κ3) is 7.88. The predicted molar refractivity (Wildman–Crippen MR) is 139 cm³/mol. The first-order valence-corrected chi connectivity index (χ1v) is 12.4. The number of aromatic nitrogens is 3. The Morgan fingerprint density at radius 2 is 2.00 bits per heavy atom. The summed E-state index contributed by atoms with van der Waals surface area (Å²) in [6.07, 6.45) is 1.64. The van der Waals surface area contributed by atoms with Gasteiger partial charge in [-0.15, -0.1) is 0 Å². The van der Waals surface area contributed by atoms with Gasteiger partial charge < -0.3 is 34.1 Å². The molecule has 1 unspecified atom stereocenters. The van der Waals surface area contributed by atoms with E-state index in [2.05, 4.69) is 25.6 Å². The topological polar surface area (TPSA) is 163 Å². The minimum absolute atomic E-state index is 0.0194. The van der Waals surface area contributed by atoms with Crippen LogP contribution in [0.1, 0.15) is 26.7 Å². The number of benzene rings is 1.